The third kappa shape index (κ3) is 6.70. The molecule has 0 radical (unpaired) electrons. The first-order valence-corrected chi connectivity index (χ1v) is 18.3. The van der Waals surface area contributed by atoms with Gasteiger partial charge in [0, 0.05) is 0 Å². The van der Waals surface area contributed by atoms with Gasteiger partial charge in [0.15, 0.2) is 0 Å². The van der Waals surface area contributed by atoms with Crippen LogP contribution >= 0.6 is 26.3 Å². The summed E-state index contributed by atoms with van der Waals surface area (Å²) in [6, 6.07) is 34.1. The fourth-order valence-corrected chi connectivity index (χ4v) is 13.9. The van der Waals surface area contributed by atoms with Gasteiger partial charge in [0.25, 0.3) is 0 Å². The second-order valence-electron chi connectivity index (χ2n) is 9.45. The van der Waals surface area contributed by atoms with Crippen LogP contribution in [0.1, 0.15) is 77.6 Å². The van der Waals surface area contributed by atoms with E-state index in [9.17, 15) is 0 Å². The standard InChI is InChI=1S/C31H42IP/c1-2-3-4-5-6-7-8-9-10-11-21-28-33(32,29-22-15-12-16-23-29,30-24-17-13-18-25-30)31-26-19-14-20-27-31/h12-20,22-27H,2-11,21,28H2,1H3. The van der Waals surface area contributed by atoms with E-state index in [2.05, 4.69) is 120 Å². The molecule has 0 fully saturated rings. The van der Waals surface area contributed by atoms with Crippen molar-refractivity contribution >= 4 is 42.2 Å². The van der Waals surface area contributed by atoms with E-state index in [4.69, 9.17) is 0 Å². The van der Waals surface area contributed by atoms with E-state index < -0.39 is 4.25 Å². The van der Waals surface area contributed by atoms with E-state index in [0.717, 1.165) is 0 Å². The van der Waals surface area contributed by atoms with E-state index in [1.165, 1.54) is 92.7 Å². The molecule has 178 valence electrons. The van der Waals surface area contributed by atoms with E-state index >= 15 is 0 Å². The summed E-state index contributed by atoms with van der Waals surface area (Å²) in [6.07, 6.45) is 16.5. The first-order chi connectivity index (χ1) is 16.2. The van der Waals surface area contributed by atoms with Crippen LogP contribution in [0.3, 0.4) is 0 Å². The monoisotopic (exact) mass is 572 g/mol. The van der Waals surface area contributed by atoms with Crippen LogP contribution in [0.25, 0.3) is 0 Å². The Kier molecular flexibility index (Phi) is 10.9. The number of halogens is 1. The Hall–Kier alpha value is -1.18. The van der Waals surface area contributed by atoms with Crippen molar-refractivity contribution < 1.29 is 0 Å². The Morgan fingerprint density at radius 1 is 0.455 bits per heavy atom. The van der Waals surface area contributed by atoms with Crippen LogP contribution in [-0.2, 0) is 0 Å². The summed E-state index contributed by atoms with van der Waals surface area (Å²) in [6.45, 7) is 2.30. The van der Waals surface area contributed by atoms with Crippen molar-refractivity contribution in [3.8, 4) is 0 Å². The van der Waals surface area contributed by atoms with Crippen molar-refractivity contribution in [3.63, 3.8) is 0 Å². The quantitative estimate of drug-likeness (QED) is 0.0968. The number of hydrogen-bond acceptors (Lipinski definition) is 0. The summed E-state index contributed by atoms with van der Waals surface area (Å²) in [5, 5.41) is 4.52. The van der Waals surface area contributed by atoms with E-state index in [1.54, 1.807) is 0 Å². The predicted octanol–water partition coefficient (Wildman–Crippen LogP) is 9.18. The van der Waals surface area contributed by atoms with Crippen LogP contribution in [-0.4, -0.2) is 6.16 Å². The zero-order valence-corrected chi connectivity index (χ0v) is 23.5. The van der Waals surface area contributed by atoms with Crippen molar-refractivity contribution in [2.75, 3.05) is 6.16 Å². The first kappa shape index (κ1) is 26.4. The van der Waals surface area contributed by atoms with Crippen molar-refractivity contribution in [1.82, 2.24) is 0 Å². The summed E-state index contributed by atoms with van der Waals surface area (Å²) < 4.78 is -2.56. The van der Waals surface area contributed by atoms with Crippen molar-refractivity contribution in [3.05, 3.63) is 91.0 Å². The third-order valence-corrected chi connectivity index (χ3v) is 18.8. The Bertz CT molecular complexity index is 808. The van der Waals surface area contributed by atoms with Crippen LogP contribution in [0.2, 0.25) is 0 Å². The van der Waals surface area contributed by atoms with E-state index in [0.29, 0.717) is 0 Å². The molecule has 0 bridgehead atoms. The normalized spacial score (nSPS) is 12.8. The van der Waals surface area contributed by atoms with E-state index in [1.807, 2.05) is 0 Å². The molecule has 3 aromatic rings. The molecule has 0 spiro atoms. The van der Waals surface area contributed by atoms with Crippen molar-refractivity contribution in [1.29, 1.82) is 0 Å². The summed E-state index contributed by atoms with van der Waals surface area (Å²) in [5.41, 5.74) is 0. The fraction of sp³-hybridized carbons (Fsp3) is 0.419. The molecule has 0 saturated heterocycles. The Balaban J connectivity index is 1.72. The van der Waals surface area contributed by atoms with Crippen LogP contribution in [0.15, 0.2) is 91.0 Å². The molecule has 33 heavy (non-hydrogen) atoms. The van der Waals surface area contributed by atoms with Crippen molar-refractivity contribution in [2.45, 2.75) is 77.6 Å². The molecule has 0 aliphatic rings. The first-order valence-electron chi connectivity index (χ1n) is 13.1. The second kappa shape index (κ2) is 13.6. The molecule has 0 aliphatic heterocycles. The number of unbranched alkanes of at least 4 members (excludes halogenated alkanes) is 10. The molecular weight excluding hydrogens is 530 g/mol. The van der Waals surface area contributed by atoms with Crippen LogP contribution in [0.4, 0.5) is 0 Å². The molecule has 3 rings (SSSR count). The van der Waals surface area contributed by atoms with E-state index in [-0.39, 0.29) is 0 Å². The van der Waals surface area contributed by atoms with Gasteiger partial charge < -0.3 is 0 Å². The molecule has 0 amide bonds. The molecule has 0 aromatic heterocycles. The van der Waals surface area contributed by atoms with Gasteiger partial charge in [0.1, 0.15) is 0 Å². The summed E-state index contributed by atoms with van der Waals surface area (Å²) >= 11 is 2.93. The van der Waals surface area contributed by atoms with Gasteiger partial charge in [0.05, 0.1) is 0 Å². The van der Waals surface area contributed by atoms with Gasteiger partial charge in [-0.05, 0) is 0 Å². The third-order valence-electron chi connectivity index (χ3n) is 7.07. The molecule has 0 nitrogen and oxygen atoms in total. The number of rotatable bonds is 15. The second-order valence-corrected chi connectivity index (χ2v) is 20.2. The average molecular weight is 573 g/mol. The Labute approximate surface area is 216 Å². The SMILES string of the molecule is CCCCCCCCCCCCCP(I)(c1ccccc1)(c1ccccc1)c1ccccc1. The molecular formula is C31H42IP. The maximum absolute atomic E-state index is 2.93. The molecule has 0 atom stereocenters. The fourth-order valence-electron chi connectivity index (χ4n) is 5.12. The Morgan fingerprint density at radius 2 is 0.758 bits per heavy atom. The van der Waals surface area contributed by atoms with Gasteiger partial charge in [-0.25, -0.2) is 0 Å². The Morgan fingerprint density at radius 3 is 1.09 bits per heavy atom. The number of hydrogen-bond donors (Lipinski definition) is 0. The van der Waals surface area contributed by atoms with Gasteiger partial charge in [-0.15, -0.1) is 0 Å². The zero-order valence-electron chi connectivity index (χ0n) is 20.5. The van der Waals surface area contributed by atoms with Gasteiger partial charge in [-0.3, -0.25) is 0 Å². The molecule has 0 heterocycles. The molecule has 0 aliphatic carbocycles. The van der Waals surface area contributed by atoms with Gasteiger partial charge in [-0.2, -0.15) is 0 Å². The van der Waals surface area contributed by atoms with Gasteiger partial charge in [-0.1, -0.05) is 6.92 Å². The topological polar surface area (TPSA) is 0 Å². The molecule has 0 N–H and O–H groups in total. The van der Waals surface area contributed by atoms with Crippen molar-refractivity contribution in [2.24, 2.45) is 0 Å². The van der Waals surface area contributed by atoms with Crippen LogP contribution in [0, 0.1) is 0 Å². The van der Waals surface area contributed by atoms with Crippen LogP contribution in [0.5, 0.6) is 0 Å². The van der Waals surface area contributed by atoms with Gasteiger partial charge in [0.2, 0.25) is 0 Å². The molecule has 3 aromatic carbocycles. The number of benzene rings is 3. The van der Waals surface area contributed by atoms with Gasteiger partial charge >= 0.3 is 210 Å². The minimum atomic E-state index is -2.56. The molecule has 0 unspecified atom stereocenters. The molecule has 0 saturated carbocycles. The molecule has 2 heteroatoms. The average Bonchev–Trinajstić information content (AvgIpc) is 2.89. The predicted molar refractivity (Wildman–Crippen MR) is 160 cm³/mol. The summed E-state index contributed by atoms with van der Waals surface area (Å²) in [5.74, 6) is 0. The summed E-state index contributed by atoms with van der Waals surface area (Å²) in [7, 11) is 0. The zero-order chi connectivity index (χ0) is 23.3. The summed E-state index contributed by atoms with van der Waals surface area (Å²) in [4.78, 5) is 0. The van der Waals surface area contributed by atoms with Crippen LogP contribution < -0.4 is 15.9 Å². The maximum atomic E-state index is 2.93. The minimum absolute atomic E-state index is 1.24.